The second-order valence-corrected chi connectivity index (χ2v) is 9.65. The molecule has 2 heterocycles. The average Bonchev–Trinajstić information content (AvgIpc) is 3.39. The first-order valence-corrected chi connectivity index (χ1v) is 12.1. The number of carbonyl (C=O) groups is 2. The Labute approximate surface area is 220 Å². The third-order valence-corrected chi connectivity index (χ3v) is 7.25. The maximum absolute atomic E-state index is 13.9. The highest BCUT2D eigenvalue weighted by Gasteiger charge is 2.60. The lowest BCUT2D eigenvalue weighted by Crippen LogP contribution is -2.37. The van der Waals surface area contributed by atoms with Gasteiger partial charge >= 0.3 is 0 Å². The highest BCUT2D eigenvalue weighted by molar-refractivity contribution is 6.35. The molecule has 4 aromatic carbocycles. The van der Waals surface area contributed by atoms with Crippen LogP contribution in [0.5, 0.6) is 0 Å². The maximum atomic E-state index is 13.9. The van der Waals surface area contributed by atoms with Gasteiger partial charge in [-0.3, -0.25) is 24.5 Å². The zero-order valence-corrected chi connectivity index (χ0v) is 20.5. The largest absolute Gasteiger partial charge is 0.273 e. The molecule has 0 spiro atoms. The molecular formula is C27H17Cl2N3O5. The summed E-state index contributed by atoms with van der Waals surface area (Å²) in [6, 6.07) is 22.8. The first-order chi connectivity index (χ1) is 17.8. The van der Waals surface area contributed by atoms with E-state index < -0.39 is 34.8 Å². The van der Waals surface area contributed by atoms with Crippen molar-refractivity contribution in [3.63, 3.8) is 0 Å². The summed E-state index contributed by atoms with van der Waals surface area (Å²) in [7, 11) is 0. The van der Waals surface area contributed by atoms with E-state index in [2.05, 4.69) is 0 Å². The lowest BCUT2D eigenvalue weighted by Gasteiger charge is -2.29. The van der Waals surface area contributed by atoms with Gasteiger partial charge in [0, 0.05) is 22.2 Å². The standard InChI is InChI=1S/C27H17Cl2N3O5/c28-17-9-11-21(22(29)13-17)24-23-25(37-31(24)19-6-3-7-20(14-19)32(35)36)27(34)30(26(23)33)18-10-8-15-4-1-2-5-16(15)12-18/h1-14,23-25H/t23-,24+,25-/m0/s1. The monoisotopic (exact) mass is 533 g/mol. The molecule has 4 aromatic rings. The Morgan fingerprint density at radius 2 is 1.59 bits per heavy atom. The van der Waals surface area contributed by atoms with Gasteiger partial charge in [0.1, 0.15) is 5.92 Å². The van der Waals surface area contributed by atoms with Gasteiger partial charge in [-0.1, -0.05) is 65.7 Å². The van der Waals surface area contributed by atoms with Gasteiger partial charge in [-0.05, 0) is 46.7 Å². The number of nitrogens with zero attached hydrogens (tertiary/aromatic N) is 3. The normalized spacial score (nSPS) is 21.1. The Morgan fingerprint density at radius 1 is 0.811 bits per heavy atom. The van der Waals surface area contributed by atoms with E-state index in [1.54, 1.807) is 36.4 Å². The third-order valence-electron chi connectivity index (χ3n) is 6.68. The number of fused-ring (bicyclic) bond motifs is 2. The van der Waals surface area contributed by atoms with Crippen molar-refractivity contribution in [3.05, 3.63) is 111 Å². The van der Waals surface area contributed by atoms with Gasteiger partial charge in [-0.2, -0.15) is 0 Å². The van der Waals surface area contributed by atoms with Crippen molar-refractivity contribution in [2.75, 3.05) is 9.96 Å². The Hall–Kier alpha value is -3.98. The van der Waals surface area contributed by atoms with Crippen molar-refractivity contribution in [3.8, 4) is 0 Å². The molecule has 0 aromatic heterocycles. The van der Waals surface area contributed by atoms with Crippen LogP contribution in [0.4, 0.5) is 17.1 Å². The van der Waals surface area contributed by atoms with Gasteiger partial charge in [-0.25, -0.2) is 9.96 Å². The Balaban J connectivity index is 1.45. The van der Waals surface area contributed by atoms with Crippen LogP contribution < -0.4 is 9.96 Å². The number of anilines is 2. The molecule has 184 valence electrons. The van der Waals surface area contributed by atoms with Crippen LogP contribution in [0.25, 0.3) is 10.8 Å². The number of hydroxylamine groups is 1. The first-order valence-electron chi connectivity index (χ1n) is 11.4. The van der Waals surface area contributed by atoms with E-state index in [0.717, 1.165) is 15.7 Å². The minimum absolute atomic E-state index is 0.158. The number of non-ortho nitro benzene ring substituents is 1. The Morgan fingerprint density at radius 3 is 2.35 bits per heavy atom. The number of hydrogen-bond acceptors (Lipinski definition) is 6. The van der Waals surface area contributed by atoms with E-state index in [9.17, 15) is 19.7 Å². The van der Waals surface area contributed by atoms with E-state index in [0.29, 0.717) is 22.0 Å². The zero-order chi connectivity index (χ0) is 25.8. The van der Waals surface area contributed by atoms with Crippen molar-refractivity contribution < 1.29 is 19.3 Å². The lowest BCUT2D eigenvalue weighted by atomic mass is 9.90. The summed E-state index contributed by atoms with van der Waals surface area (Å²) in [4.78, 5) is 45.6. The molecule has 6 rings (SSSR count). The van der Waals surface area contributed by atoms with E-state index >= 15 is 0 Å². The van der Waals surface area contributed by atoms with Gasteiger partial charge in [0.2, 0.25) is 5.91 Å². The molecule has 3 atom stereocenters. The summed E-state index contributed by atoms with van der Waals surface area (Å²) in [5.41, 5.74) is 1.10. The number of imide groups is 1. The number of hydrogen-bond donors (Lipinski definition) is 0. The van der Waals surface area contributed by atoms with Crippen molar-refractivity contribution >= 4 is 62.9 Å². The zero-order valence-electron chi connectivity index (χ0n) is 19.0. The molecule has 0 N–H and O–H groups in total. The molecule has 8 nitrogen and oxygen atoms in total. The summed E-state index contributed by atoms with van der Waals surface area (Å²) in [6.45, 7) is 0. The second-order valence-electron chi connectivity index (χ2n) is 8.81. The minimum atomic E-state index is -1.14. The fourth-order valence-corrected chi connectivity index (χ4v) is 5.53. The van der Waals surface area contributed by atoms with Gasteiger partial charge in [-0.15, -0.1) is 0 Å². The number of benzene rings is 4. The highest BCUT2D eigenvalue weighted by atomic mass is 35.5. The number of nitro groups is 1. The maximum Gasteiger partial charge on any atom is 0.271 e. The quantitative estimate of drug-likeness (QED) is 0.178. The molecule has 2 fully saturated rings. The molecule has 0 saturated carbocycles. The van der Waals surface area contributed by atoms with Crippen LogP contribution >= 0.6 is 23.2 Å². The summed E-state index contributed by atoms with van der Waals surface area (Å²) in [5, 5.41) is 15.3. The molecule has 0 unspecified atom stereocenters. The molecule has 0 aliphatic carbocycles. The fourth-order valence-electron chi connectivity index (χ4n) is 5.01. The number of rotatable bonds is 4. The summed E-state index contributed by atoms with van der Waals surface area (Å²) in [6.07, 6.45) is -1.14. The number of carbonyl (C=O) groups excluding carboxylic acids is 2. The van der Waals surface area contributed by atoms with Crippen LogP contribution in [0.1, 0.15) is 11.6 Å². The third kappa shape index (κ3) is 3.81. The van der Waals surface area contributed by atoms with Gasteiger partial charge in [0.25, 0.3) is 11.6 Å². The molecule has 2 aliphatic rings. The predicted octanol–water partition coefficient (Wildman–Crippen LogP) is 6.11. The van der Waals surface area contributed by atoms with Gasteiger partial charge in [0.05, 0.1) is 22.3 Å². The predicted molar refractivity (Wildman–Crippen MR) is 140 cm³/mol. The van der Waals surface area contributed by atoms with Gasteiger partial charge in [0.15, 0.2) is 6.10 Å². The van der Waals surface area contributed by atoms with Gasteiger partial charge < -0.3 is 0 Å². The molecule has 0 bridgehead atoms. The fraction of sp³-hybridized carbons (Fsp3) is 0.111. The molecule has 0 radical (unpaired) electrons. The van der Waals surface area contributed by atoms with E-state index in [1.807, 2.05) is 30.3 Å². The smallest absolute Gasteiger partial charge is 0.271 e. The SMILES string of the molecule is O=C1[C@@H]2[C@H](ON(c3cccc([N+](=O)[O-])c3)[C@@H]2c2ccc(Cl)cc2Cl)C(=O)N1c1ccc2ccccc2c1. The molecule has 2 saturated heterocycles. The second kappa shape index (κ2) is 8.85. The van der Waals surface area contributed by atoms with Crippen LogP contribution in [-0.4, -0.2) is 22.8 Å². The summed E-state index contributed by atoms with van der Waals surface area (Å²) >= 11 is 12.7. The highest BCUT2D eigenvalue weighted by Crippen LogP contribution is 2.49. The van der Waals surface area contributed by atoms with Crippen LogP contribution in [0.2, 0.25) is 10.0 Å². The topological polar surface area (TPSA) is 93.0 Å². The molecule has 10 heteroatoms. The molecule has 2 amide bonds. The molecule has 2 aliphatic heterocycles. The van der Waals surface area contributed by atoms with Crippen LogP contribution in [-0.2, 0) is 14.4 Å². The van der Waals surface area contributed by atoms with Crippen LogP contribution in [0, 0.1) is 16.0 Å². The van der Waals surface area contributed by atoms with E-state index in [4.69, 9.17) is 28.0 Å². The average molecular weight is 534 g/mol. The van der Waals surface area contributed by atoms with Crippen LogP contribution in [0.15, 0.2) is 84.9 Å². The van der Waals surface area contributed by atoms with Crippen LogP contribution in [0.3, 0.4) is 0 Å². The molecule has 37 heavy (non-hydrogen) atoms. The first kappa shape index (κ1) is 23.4. The summed E-state index contributed by atoms with van der Waals surface area (Å²) in [5.74, 6) is -1.92. The number of nitro benzene ring substituents is 1. The van der Waals surface area contributed by atoms with Crippen molar-refractivity contribution in [2.45, 2.75) is 12.1 Å². The van der Waals surface area contributed by atoms with Crippen molar-refractivity contribution in [2.24, 2.45) is 5.92 Å². The van der Waals surface area contributed by atoms with Crippen molar-refractivity contribution in [1.82, 2.24) is 0 Å². The number of halogens is 2. The van der Waals surface area contributed by atoms with E-state index in [1.165, 1.54) is 23.3 Å². The van der Waals surface area contributed by atoms with Crippen molar-refractivity contribution in [1.29, 1.82) is 0 Å². The summed E-state index contributed by atoms with van der Waals surface area (Å²) < 4.78 is 0. The molecular weight excluding hydrogens is 517 g/mol. The van der Waals surface area contributed by atoms with E-state index in [-0.39, 0.29) is 10.7 Å². The lowest BCUT2D eigenvalue weighted by molar-refractivity contribution is -0.384. The Bertz CT molecular complexity index is 1610. The minimum Gasteiger partial charge on any atom is -0.273 e. The Kier molecular flexibility index (Phi) is 5.60. The number of amides is 2.